The number of nitrogens with zero attached hydrogens (tertiary/aromatic N) is 2. The first-order chi connectivity index (χ1) is 9.99. The molecule has 1 aromatic rings. The van der Waals surface area contributed by atoms with E-state index in [1.807, 2.05) is 13.0 Å². The second-order valence-electron chi connectivity index (χ2n) is 4.00. The SMILES string of the molecule is CCOC(=O)C(C=Nc1ccc(I)c(C)n1)C(=O)OCC. The molecule has 0 amide bonds. The van der Waals surface area contributed by atoms with Crippen LogP contribution in [0.1, 0.15) is 19.5 Å². The van der Waals surface area contributed by atoms with Crippen LogP contribution in [0.25, 0.3) is 0 Å². The van der Waals surface area contributed by atoms with Gasteiger partial charge in [0.1, 0.15) is 0 Å². The Labute approximate surface area is 137 Å². The number of halogens is 1. The first-order valence-corrected chi connectivity index (χ1v) is 7.58. The lowest BCUT2D eigenvalue weighted by Crippen LogP contribution is -2.29. The van der Waals surface area contributed by atoms with Crippen LogP contribution in [0.15, 0.2) is 17.1 Å². The first kappa shape index (κ1) is 17.5. The van der Waals surface area contributed by atoms with Crippen molar-refractivity contribution in [3.05, 3.63) is 21.4 Å². The van der Waals surface area contributed by atoms with E-state index in [1.54, 1.807) is 19.9 Å². The number of hydrogen-bond donors (Lipinski definition) is 0. The summed E-state index contributed by atoms with van der Waals surface area (Å²) in [5.74, 6) is -2.11. The van der Waals surface area contributed by atoms with Crippen molar-refractivity contribution in [1.29, 1.82) is 0 Å². The minimum absolute atomic E-state index is 0.184. The van der Waals surface area contributed by atoms with Gasteiger partial charge < -0.3 is 9.47 Å². The van der Waals surface area contributed by atoms with E-state index in [-0.39, 0.29) is 13.2 Å². The molecule has 0 spiro atoms. The molecule has 6 nitrogen and oxygen atoms in total. The van der Waals surface area contributed by atoms with Crippen LogP contribution in [-0.2, 0) is 19.1 Å². The Balaban J connectivity index is 2.93. The van der Waals surface area contributed by atoms with Gasteiger partial charge in [-0.3, -0.25) is 9.59 Å². The van der Waals surface area contributed by atoms with Crippen LogP contribution in [0.4, 0.5) is 5.82 Å². The summed E-state index contributed by atoms with van der Waals surface area (Å²) in [7, 11) is 0. The number of esters is 2. The highest BCUT2D eigenvalue weighted by Gasteiger charge is 2.27. The Morgan fingerprint density at radius 2 is 1.86 bits per heavy atom. The second kappa shape index (κ2) is 8.71. The third kappa shape index (κ3) is 5.41. The standard InChI is InChI=1S/C14H17IN2O4/c1-4-20-13(18)10(14(19)21-5-2)8-16-12-7-6-11(15)9(3)17-12/h6-8,10H,4-5H2,1-3H3. The molecule has 0 aromatic carbocycles. The molecule has 1 rings (SSSR count). The van der Waals surface area contributed by atoms with Crippen molar-refractivity contribution in [1.82, 2.24) is 4.98 Å². The Morgan fingerprint density at radius 1 is 1.29 bits per heavy atom. The fourth-order valence-corrected chi connectivity index (χ4v) is 1.74. The van der Waals surface area contributed by atoms with Crippen molar-refractivity contribution in [3.63, 3.8) is 0 Å². The molecule has 0 saturated heterocycles. The summed E-state index contributed by atoms with van der Waals surface area (Å²) in [6.07, 6.45) is 1.21. The van der Waals surface area contributed by atoms with Crippen molar-refractivity contribution in [2.75, 3.05) is 13.2 Å². The van der Waals surface area contributed by atoms with Gasteiger partial charge in [-0.15, -0.1) is 0 Å². The second-order valence-corrected chi connectivity index (χ2v) is 5.16. The lowest BCUT2D eigenvalue weighted by Gasteiger charge is -2.09. The Hall–Kier alpha value is -1.51. The summed E-state index contributed by atoms with van der Waals surface area (Å²) in [5, 5.41) is 0. The largest absolute Gasteiger partial charge is 0.465 e. The molecule has 0 unspecified atom stereocenters. The molecule has 0 saturated carbocycles. The molecule has 7 heteroatoms. The van der Waals surface area contributed by atoms with Gasteiger partial charge in [0.05, 0.1) is 18.9 Å². The minimum atomic E-state index is -1.17. The lowest BCUT2D eigenvalue weighted by atomic mass is 10.2. The van der Waals surface area contributed by atoms with E-state index >= 15 is 0 Å². The average Bonchev–Trinajstić information content (AvgIpc) is 2.43. The van der Waals surface area contributed by atoms with Gasteiger partial charge in [0.2, 0.25) is 0 Å². The summed E-state index contributed by atoms with van der Waals surface area (Å²) in [4.78, 5) is 31.9. The molecule has 0 aliphatic rings. The molecule has 21 heavy (non-hydrogen) atoms. The fraction of sp³-hybridized carbons (Fsp3) is 0.429. The maximum absolute atomic E-state index is 11.8. The Morgan fingerprint density at radius 3 is 2.33 bits per heavy atom. The fourth-order valence-electron chi connectivity index (χ4n) is 1.44. The molecule has 114 valence electrons. The van der Waals surface area contributed by atoms with E-state index in [4.69, 9.17) is 9.47 Å². The molecule has 0 radical (unpaired) electrons. The zero-order valence-corrected chi connectivity index (χ0v) is 14.3. The number of pyridine rings is 1. The summed E-state index contributed by atoms with van der Waals surface area (Å²) in [6.45, 7) is 5.56. The zero-order chi connectivity index (χ0) is 15.8. The van der Waals surface area contributed by atoms with Crippen LogP contribution in [0, 0.1) is 16.4 Å². The number of aromatic nitrogens is 1. The molecule has 0 fully saturated rings. The summed E-state index contributed by atoms with van der Waals surface area (Å²) in [6, 6.07) is 3.57. The van der Waals surface area contributed by atoms with Gasteiger partial charge in [0.25, 0.3) is 0 Å². The quantitative estimate of drug-likeness (QED) is 0.315. The van der Waals surface area contributed by atoms with E-state index in [1.165, 1.54) is 6.21 Å². The normalized spacial score (nSPS) is 10.9. The number of rotatable bonds is 6. The maximum atomic E-state index is 11.8. The van der Waals surface area contributed by atoms with Crippen LogP contribution in [-0.4, -0.2) is 36.4 Å². The smallest absolute Gasteiger partial charge is 0.325 e. The average molecular weight is 404 g/mol. The number of ether oxygens (including phenoxy) is 2. The van der Waals surface area contributed by atoms with Gasteiger partial charge >= 0.3 is 11.9 Å². The molecule has 0 atom stereocenters. The van der Waals surface area contributed by atoms with Crippen LogP contribution in [0.2, 0.25) is 0 Å². The number of carbonyl (C=O) groups excluding carboxylic acids is 2. The Bertz CT molecular complexity index is 528. The highest BCUT2D eigenvalue weighted by molar-refractivity contribution is 14.1. The molecular weight excluding hydrogens is 387 g/mol. The topological polar surface area (TPSA) is 77.9 Å². The monoisotopic (exact) mass is 404 g/mol. The Kier molecular flexibility index (Phi) is 7.27. The summed E-state index contributed by atoms with van der Waals surface area (Å²) >= 11 is 2.16. The minimum Gasteiger partial charge on any atom is -0.465 e. The number of carbonyl (C=O) groups is 2. The summed E-state index contributed by atoms with van der Waals surface area (Å²) in [5.41, 5.74) is 0.828. The van der Waals surface area contributed by atoms with Crippen molar-refractivity contribution in [3.8, 4) is 0 Å². The number of aliphatic imine (C=N–C) groups is 1. The van der Waals surface area contributed by atoms with Crippen molar-refractivity contribution >= 4 is 46.6 Å². The molecule has 0 aliphatic heterocycles. The van der Waals surface area contributed by atoms with Gasteiger partial charge in [-0.2, -0.15) is 0 Å². The third-order valence-corrected chi connectivity index (χ3v) is 3.58. The molecule has 0 aliphatic carbocycles. The van der Waals surface area contributed by atoms with Gasteiger partial charge in [-0.05, 0) is 55.5 Å². The molecule has 0 N–H and O–H groups in total. The summed E-state index contributed by atoms with van der Waals surface area (Å²) < 4.78 is 10.7. The highest BCUT2D eigenvalue weighted by Crippen LogP contribution is 2.15. The predicted octanol–water partition coefficient (Wildman–Crippen LogP) is 2.44. The number of hydrogen-bond acceptors (Lipinski definition) is 6. The lowest BCUT2D eigenvalue weighted by molar-refractivity contribution is -0.157. The van der Waals surface area contributed by atoms with Gasteiger partial charge in [0.15, 0.2) is 11.7 Å². The highest BCUT2D eigenvalue weighted by atomic mass is 127. The van der Waals surface area contributed by atoms with Gasteiger partial charge in [-0.25, -0.2) is 9.98 Å². The van der Waals surface area contributed by atoms with E-state index in [2.05, 4.69) is 32.6 Å². The third-order valence-electron chi connectivity index (χ3n) is 2.44. The predicted molar refractivity (Wildman–Crippen MR) is 86.6 cm³/mol. The molecule has 0 bridgehead atoms. The molecule has 1 aromatic heterocycles. The number of aryl methyl sites for hydroxylation is 1. The van der Waals surface area contributed by atoms with E-state index in [0.717, 1.165) is 9.26 Å². The van der Waals surface area contributed by atoms with E-state index < -0.39 is 17.9 Å². The van der Waals surface area contributed by atoms with Crippen LogP contribution >= 0.6 is 22.6 Å². The first-order valence-electron chi connectivity index (χ1n) is 6.50. The molecule has 1 heterocycles. The van der Waals surface area contributed by atoms with Crippen LogP contribution < -0.4 is 0 Å². The van der Waals surface area contributed by atoms with Gasteiger partial charge in [0, 0.05) is 9.78 Å². The van der Waals surface area contributed by atoms with Crippen molar-refractivity contribution < 1.29 is 19.1 Å². The zero-order valence-electron chi connectivity index (χ0n) is 12.1. The van der Waals surface area contributed by atoms with Crippen molar-refractivity contribution in [2.45, 2.75) is 20.8 Å². The van der Waals surface area contributed by atoms with Crippen LogP contribution in [0.3, 0.4) is 0 Å². The van der Waals surface area contributed by atoms with E-state index in [0.29, 0.717) is 5.82 Å². The van der Waals surface area contributed by atoms with Gasteiger partial charge in [-0.1, -0.05) is 0 Å². The van der Waals surface area contributed by atoms with E-state index in [9.17, 15) is 9.59 Å². The molecular formula is C14H17IN2O4. The van der Waals surface area contributed by atoms with Crippen molar-refractivity contribution in [2.24, 2.45) is 10.9 Å². The maximum Gasteiger partial charge on any atom is 0.325 e. The van der Waals surface area contributed by atoms with Crippen LogP contribution in [0.5, 0.6) is 0 Å².